The molecule has 0 radical (unpaired) electrons. The molecule has 21 heavy (non-hydrogen) atoms. The molecular formula is C17H20N2O2. The van der Waals surface area contributed by atoms with Gasteiger partial charge in [-0.3, -0.25) is 9.69 Å². The van der Waals surface area contributed by atoms with Gasteiger partial charge in [0.25, 0.3) is 0 Å². The topological polar surface area (TPSA) is 52.6 Å². The minimum Gasteiger partial charge on any atom is -0.392 e. The van der Waals surface area contributed by atoms with Crippen LogP contribution in [0.5, 0.6) is 0 Å². The normalized spacial score (nSPS) is 19.6. The van der Waals surface area contributed by atoms with Gasteiger partial charge in [0.1, 0.15) is 0 Å². The second-order valence-electron chi connectivity index (χ2n) is 5.61. The Morgan fingerprint density at radius 3 is 2.90 bits per heavy atom. The lowest BCUT2D eigenvalue weighted by atomic mass is 10.1. The number of aliphatic hydroxyl groups is 1. The molecule has 110 valence electrons. The van der Waals surface area contributed by atoms with Crippen molar-refractivity contribution in [2.45, 2.75) is 18.9 Å². The van der Waals surface area contributed by atoms with Gasteiger partial charge in [0.15, 0.2) is 0 Å². The molecule has 4 nitrogen and oxygen atoms in total. The van der Waals surface area contributed by atoms with E-state index in [1.807, 2.05) is 47.4 Å². The summed E-state index contributed by atoms with van der Waals surface area (Å²) < 4.78 is 0. The van der Waals surface area contributed by atoms with Gasteiger partial charge in [-0.1, -0.05) is 36.4 Å². The highest BCUT2D eigenvalue weighted by Gasteiger charge is 2.19. The molecule has 0 spiro atoms. The van der Waals surface area contributed by atoms with Crippen LogP contribution in [0.15, 0.2) is 42.5 Å². The zero-order valence-corrected chi connectivity index (χ0v) is 12.0. The van der Waals surface area contributed by atoms with Gasteiger partial charge in [0.2, 0.25) is 5.91 Å². The van der Waals surface area contributed by atoms with Crippen LogP contribution < -0.4 is 5.32 Å². The van der Waals surface area contributed by atoms with Crippen LogP contribution in [0.3, 0.4) is 0 Å². The number of likely N-dealkylation sites (tertiary alicyclic amines) is 1. The van der Waals surface area contributed by atoms with Crippen molar-refractivity contribution in [1.82, 2.24) is 4.90 Å². The van der Waals surface area contributed by atoms with Gasteiger partial charge in [-0.2, -0.15) is 0 Å². The fourth-order valence-corrected chi connectivity index (χ4v) is 2.90. The Balaban J connectivity index is 1.69. The number of amides is 1. The van der Waals surface area contributed by atoms with E-state index in [2.05, 4.69) is 5.32 Å². The number of carbonyl (C=O) groups excluding carboxylic acids is 1. The van der Waals surface area contributed by atoms with Gasteiger partial charge in [0.05, 0.1) is 12.6 Å². The highest BCUT2D eigenvalue weighted by Crippen LogP contribution is 2.23. The van der Waals surface area contributed by atoms with E-state index in [-0.39, 0.29) is 12.0 Å². The van der Waals surface area contributed by atoms with Crippen LogP contribution in [0.2, 0.25) is 0 Å². The average molecular weight is 284 g/mol. The number of nitrogens with one attached hydrogen (secondary N) is 1. The Morgan fingerprint density at radius 2 is 2.05 bits per heavy atom. The van der Waals surface area contributed by atoms with Crippen molar-refractivity contribution in [3.8, 4) is 0 Å². The Kier molecular flexibility index (Phi) is 4.18. The first-order valence-electron chi connectivity index (χ1n) is 7.40. The number of rotatable bonds is 3. The summed E-state index contributed by atoms with van der Waals surface area (Å²) in [6.07, 6.45) is 1.48. The van der Waals surface area contributed by atoms with Gasteiger partial charge in [0, 0.05) is 17.6 Å². The van der Waals surface area contributed by atoms with Crippen LogP contribution in [0.4, 0.5) is 5.69 Å². The van der Waals surface area contributed by atoms with Gasteiger partial charge < -0.3 is 10.4 Å². The lowest BCUT2D eigenvalue weighted by molar-refractivity contribution is -0.118. The van der Waals surface area contributed by atoms with Gasteiger partial charge in [-0.25, -0.2) is 0 Å². The first kappa shape index (κ1) is 14.0. The van der Waals surface area contributed by atoms with Crippen molar-refractivity contribution in [1.29, 1.82) is 0 Å². The molecule has 2 N–H and O–H groups in total. The molecule has 4 heteroatoms. The number of β-amino-alcohol motifs (C(OH)–C–C–N with tert-alkyl or cyclic N) is 1. The molecule has 1 unspecified atom stereocenters. The van der Waals surface area contributed by atoms with Crippen LogP contribution in [-0.4, -0.2) is 41.7 Å². The van der Waals surface area contributed by atoms with Gasteiger partial charge in [-0.15, -0.1) is 0 Å². The molecule has 1 heterocycles. The SMILES string of the molecule is O=C(CN1CCCC(O)C1)Nc1cccc2ccccc12. The summed E-state index contributed by atoms with van der Waals surface area (Å²) in [5, 5.41) is 14.8. The molecule has 1 saturated heterocycles. The van der Waals surface area contributed by atoms with Crippen molar-refractivity contribution >= 4 is 22.4 Å². The highest BCUT2D eigenvalue weighted by molar-refractivity contribution is 6.02. The van der Waals surface area contributed by atoms with Crippen LogP contribution in [0.1, 0.15) is 12.8 Å². The Morgan fingerprint density at radius 1 is 1.24 bits per heavy atom. The first-order chi connectivity index (χ1) is 10.2. The number of aliphatic hydroxyl groups excluding tert-OH is 1. The second-order valence-corrected chi connectivity index (χ2v) is 5.61. The fourth-order valence-electron chi connectivity index (χ4n) is 2.90. The Labute approximate surface area is 124 Å². The molecular weight excluding hydrogens is 264 g/mol. The predicted molar refractivity (Wildman–Crippen MR) is 84.3 cm³/mol. The quantitative estimate of drug-likeness (QED) is 0.909. The largest absolute Gasteiger partial charge is 0.392 e. The standard InChI is InChI=1S/C17H20N2O2/c20-14-7-4-10-19(11-14)12-17(21)18-16-9-3-6-13-5-1-2-8-15(13)16/h1-3,5-6,8-9,14,20H,4,7,10-12H2,(H,18,21). The maximum absolute atomic E-state index is 12.2. The van der Waals surface area contributed by atoms with Crippen molar-refractivity contribution in [2.24, 2.45) is 0 Å². The smallest absolute Gasteiger partial charge is 0.238 e. The average Bonchev–Trinajstić information content (AvgIpc) is 2.47. The summed E-state index contributed by atoms with van der Waals surface area (Å²) in [6, 6.07) is 13.9. The number of nitrogens with zero attached hydrogens (tertiary/aromatic N) is 1. The zero-order chi connectivity index (χ0) is 14.7. The van der Waals surface area contributed by atoms with Crippen LogP contribution in [0, 0.1) is 0 Å². The molecule has 1 aliphatic heterocycles. The van der Waals surface area contributed by atoms with E-state index in [1.165, 1.54) is 0 Å². The molecule has 2 aromatic carbocycles. The summed E-state index contributed by atoms with van der Waals surface area (Å²) in [7, 11) is 0. The monoisotopic (exact) mass is 284 g/mol. The maximum Gasteiger partial charge on any atom is 0.238 e. The van der Waals surface area contributed by atoms with Crippen molar-refractivity contribution < 1.29 is 9.90 Å². The number of piperidine rings is 1. The van der Waals surface area contributed by atoms with Crippen molar-refractivity contribution in [3.63, 3.8) is 0 Å². The second kappa shape index (κ2) is 6.24. The molecule has 1 atom stereocenters. The molecule has 3 rings (SSSR count). The van der Waals surface area contributed by atoms with Crippen LogP contribution in [0.25, 0.3) is 10.8 Å². The molecule has 0 aromatic heterocycles. The number of hydrogen-bond acceptors (Lipinski definition) is 3. The summed E-state index contributed by atoms with van der Waals surface area (Å²) in [4.78, 5) is 14.2. The lowest BCUT2D eigenvalue weighted by Gasteiger charge is -2.29. The minimum absolute atomic E-state index is 0.0274. The van der Waals surface area contributed by atoms with Crippen LogP contribution in [-0.2, 0) is 4.79 Å². The number of fused-ring (bicyclic) bond motifs is 1. The van der Waals surface area contributed by atoms with Crippen molar-refractivity contribution in [3.05, 3.63) is 42.5 Å². The third-order valence-electron chi connectivity index (χ3n) is 3.91. The molecule has 1 fully saturated rings. The van der Waals surface area contributed by atoms with Crippen molar-refractivity contribution in [2.75, 3.05) is 25.0 Å². The van der Waals surface area contributed by atoms with E-state index >= 15 is 0 Å². The highest BCUT2D eigenvalue weighted by atomic mass is 16.3. The summed E-state index contributed by atoms with van der Waals surface area (Å²) in [6.45, 7) is 1.79. The molecule has 0 saturated carbocycles. The predicted octanol–water partition coefficient (Wildman–Crippen LogP) is 2.24. The molecule has 1 amide bonds. The summed E-state index contributed by atoms with van der Waals surface area (Å²) >= 11 is 0. The lowest BCUT2D eigenvalue weighted by Crippen LogP contribution is -2.42. The van der Waals surface area contributed by atoms with Gasteiger partial charge in [-0.05, 0) is 30.8 Å². The van der Waals surface area contributed by atoms with Gasteiger partial charge >= 0.3 is 0 Å². The number of benzene rings is 2. The number of anilines is 1. The van der Waals surface area contributed by atoms with E-state index in [9.17, 15) is 9.90 Å². The van der Waals surface area contributed by atoms with Crippen LogP contribution >= 0.6 is 0 Å². The Hall–Kier alpha value is -1.91. The Bertz CT molecular complexity index is 636. The fraction of sp³-hybridized carbons (Fsp3) is 0.353. The van der Waals surface area contributed by atoms with E-state index in [1.54, 1.807) is 0 Å². The van der Waals surface area contributed by atoms with E-state index in [0.29, 0.717) is 13.1 Å². The minimum atomic E-state index is -0.302. The molecule has 0 bridgehead atoms. The van der Waals surface area contributed by atoms with E-state index < -0.39 is 0 Å². The van der Waals surface area contributed by atoms with E-state index in [0.717, 1.165) is 35.8 Å². The maximum atomic E-state index is 12.2. The van der Waals surface area contributed by atoms with E-state index in [4.69, 9.17) is 0 Å². The third kappa shape index (κ3) is 3.40. The third-order valence-corrected chi connectivity index (χ3v) is 3.91. The molecule has 2 aromatic rings. The summed E-state index contributed by atoms with van der Waals surface area (Å²) in [5.41, 5.74) is 0.843. The molecule has 1 aliphatic rings. The molecule has 0 aliphatic carbocycles. The number of carbonyl (C=O) groups is 1. The zero-order valence-electron chi connectivity index (χ0n) is 12.0. The number of hydrogen-bond donors (Lipinski definition) is 2. The first-order valence-corrected chi connectivity index (χ1v) is 7.40. The summed E-state index contributed by atoms with van der Waals surface area (Å²) in [5.74, 6) is -0.0274.